The van der Waals surface area contributed by atoms with Crippen molar-refractivity contribution in [1.29, 1.82) is 5.26 Å². The van der Waals surface area contributed by atoms with E-state index in [2.05, 4.69) is 11.1 Å². The molecule has 0 aliphatic carbocycles. The molecule has 7 heteroatoms. The van der Waals surface area contributed by atoms with Gasteiger partial charge in [-0.25, -0.2) is 9.38 Å². The highest BCUT2D eigenvalue weighted by atomic mass is 19.1. The molecule has 0 bridgehead atoms. The van der Waals surface area contributed by atoms with Gasteiger partial charge >= 0.3 is 0 Å². The molecule has 0 amide bonds. The van der Waals surface area contributed by atoms with Crippen LogP contribution in [0, 0.1) is 17.1 Å². The minimum absolute atomic E-state index is 0.108. The van der Waals surface area contributed by atoms with Gasteiger partial charge < -0.3 is 15.6 Å². The molecule has 1 aliphatic rings. The molecular weight excluding hydrogens is 385 g/mol. The van der Waals surface area contributed by atoms with Gasteiger partial charge in [-0.3, -0.25) is 4.79 Å². The van der Waals surface area contributed by atoms with E-state index in [1.807, 2.05) is 42.5 Å². The van der Waals surface area contributed by atoms with E-state index < -0.39 is 5.54 Å². The molecule has 4 rings (SSSR count). The second kappa shape index (κ2) is 8.88. The summed E-state index contributed by atoms with van der Waals surface area (Å²) in [5.74, 6) is -0.313. The van der Waals surface area contributed by atoms with E-state index in [0.29, 0.717) is 5.56 Å². The molecule has 1 unspecified atom stereocenters. The third kappa shape index (κ3) is 4.13. The molecular formula is C23H18FN3O3. The number of ether oxygens (including phenoxy) is 1. The van der Waals surface area contributed by atoms with E-state index in [1.54, 1.807) is 18.2 Å². The van der Waals surface area contributed by atoms with Gasteiger partial charge in [0.15, 0.2) is 5.54 Å². The maximum Gasteiger partial charge on any atom is 0.290 e. The number of hydrogen-bond donors (Lipinski definition) is 2. The van der Waals surface area contributed by atoms with Crippen LogP contribution >= 0.6 is 0 Å². The number of nitriles is 1. The third-order valence-electron chi connectivity index (χ3n) is 4.72. The van der Waals surface area contributed by atoms with Gasteiger partial charge in [-0.2, -0.15) is 5.26 Å². The summed E-state index contributed by atoms with van der Waals surface area (Å²) in [6.07, 6.45) is 0. The number of amidine groups is 1. The number of benzene rings is 3. The van der Waals surface area contributed by atoms with Crippen LogP contribution in [0.25, 0.3) is 11.1 Å². The second-order valence-electron chi connectivity index (χ2n) is 6.48. The minimum atomic E-state index is -0.833. The molecule has 0 radical (unpaired) electrons. The Morgan fingerprint density at radius 1 is 1.07 bits per heavy atom. The predicted octanol–water partition coefficient (Wildman–Crippen LogP) is 3.65. The molecule has 0 saturated carbocycles. The molecule has 150 valence electrons. The summed E-state index contributed by atoms with van der Waals surface area (Å²) in [5.41, 5.74) is 9.15. The van der Waals surface area contributed by atoms with Crippen LogP contribution in [0.15, 0.2) is 77.8 Å². The van der Waals surface area contributed by atoms with Crippen LogP contribution in [-0.4, -0.2) is 24.2 Å². The highest BCUT2D eigenvalue weighted by molar-refractivity contribution is 5.76. The molecule has 1 atom stereocenters. The van der Waals surface area contributed by atoms with Crippen LogP contribution in [0.1, 0.15) is 16.7 Å². The molecule has 30 heavy (non-hydrogen) atoms. The van der Waals surface area contributed by atoms with E-state index in [-0.39, 0.29) is 24.9 Å². The lowest BCUT2D eigenvalue weighted by molar-refractivity contribution is -0.122. The Hall–Kier alpha value is -4.18. The zero-order valence-electron chi connectivity index (χ0n) is 15.8. The predicted molar refractivity (Wildman–Crippen MR) is 110 cm³/mol. The number of halogens is 1. The highest BCUT2D eigenvalue weighted by Crippen LogP contribution is 2.39. The molecule has 1 heterocycles. The van der Waals surface area contributed by atoms with Gasteiger partial charge in [0.25, 0.3) is 12.5 Å². The Labute approximate surface area is 172 Å². The Morgan fingerprint density at radius 2 is 1.70 bits per heavy atom. The lowest BCUT2D eigenvalue weighted by atomic mass is 9.83. The smallest absolute Gasteiger partial charge is 0.290 e. The highest BCUT2D eigenvalue weighted by Gasteiger charge is 2.40. The topological polar surface area (TPSA) is 109 Å². The van der Waals surface area contributed by atoms with Gasteiger partial charge in [-0.1, -0.05) is 42.5 Å². The van der Waals surface area contributed by atoms with Crippen LogP contribution in [0.5, 0.6) is 0 Å². The normalized spacial score (nSPS) is 17.0. The Morgan fingerprint density at radius 3 is 2.30 bits per heavy atom. The summed E-state index contributed by atoms with van der Waals surface area (Å²) < 4.78 is 18.9. The monoisotopic (exact) mass is 403 g/mol. The summed E-state index contributed by atoms with van der Waals surface area (Å²) in [7, 11) is 0. The van der Waals surface area contributed by atoms with Crippen molar-refractivity contribution in [2.75, 3.05) is 6.61 Å². The maximum atomic E-state index is 13.4. The van der Waals surface area contributed by atoms with E-state index in [9.17, 15) is 4.39 Å². The Kier molecular flexibility index (Phi) is 6.08. The first-order valence-corrected chi connectivity index (χ1v) is 8.95. The molecule has 0 aromatic heterocycles. The molecule has 0 fully saturated rings. The number of nitrogens with two attached hydrogens (primary N) is 1. The first-order chi connectivity index (χ1) is 14.5. The minimum Gasteiger partial charge on any atom is -0.483 e. The van der Waals surface area contributed by atoms with Crippen LogP contribution in [0.4, 0.5) is 4.39 Å². The molecule has 3 N–H and O–H groups in total. The van der Waals surface area contributed by atoms with E-state index in [0.717, 1.165) is 22.3 Å². The van der Waals surface area contributed by atoms with Crippen molar-refractivity contribution in [3.05, 3.63) is 95.3 Å². The lowest BCUT2D eigenvalue weighted by Gasteiger charge is -2.26. The van der Waals surface area contributed by atoms with Crippen LogP contribution in [0.2, 0.25) is 0 Å². The van der Waals surface area contributed by atoms with Gasteiger partial charge in [-0.05, 0) is 52.6 Å². The number of carbonyl (C=O) groups is 1. The van der Waals surface area contributed by atoms with Crippen molar-refractivity contribution in [1.82, 2.24) is 0 Å². The molecule has 0 spiro atoms. The third-order valence-corrected chi connectivity index (χ3v) is 4.72. The quantitative estimate of drug-likeness (QED) is 0.649. The zero-order valence-corrected chi connectivity index (χ0v) is 15.8. The van der Waals surface area contributed by atoms with Gasteiger partial charge in [0, 0.05) is 0 Å². The zero-order chi connectivity index (χ0) is 21.6. The van der Waals surface area contributed by atoms with Crippen LogP contribution in [-0.2, 0) is 15.1 Å². The van der Waals surface area contributed by atoms with E-state index >= 15 is 0 Å². The molecule has 3 aromatic carbocycles. The number of aliphatic imine (C=N–C) groups is 1. The van der Waals surface area contributed by atoms with Crippen molar-refractivity contribution in [3.63, 3.8) is 0 Å². The Bertz CT molecular complexity index is 1120. The fourth-order valence-electron chi connectivity index (χ4n) is 3.34. The van der Waals surface area contributed by atoms with Crippen molar-refractivity contribution in [2.45, 2.75) is 5.54 Å². The fraction of sp³-hybridized carbons (Fsp3) is 0.0870. The standard InChI is InChI=1S/C22H16FN3O.CH2O2/c23-20-9-7-18(8-10-20)22(14-27-21(25)26-22)19-6-2-5-17(12-19)16-4-1-3-15(11-16)13-24;2-1-3/h1-12H,14H2,(H2,25,26);1H,(H,2,3). The van der Waals surface area contributed by atoms with Crippen molar-refractivity contribution < 1.29 is 19.0 Å². The van der Waals surface area contributed by atoms with Gasteiger partial charge in [0.1, 0.15) is 12.4 Å². The number of rotatable bonds is 3. The van der Waals surface area contributed by atoms with Gasteiger partial charge in [-0.15, -0.1) is 0 Å². The number of nitrogens with zero attached hydrogens (tertiary/aromatic N) is 2. The maximum absolute atomic E-state index is 13.4. The summed E-state index contributed by atoms with van der Waals surface area (Å²) in [6.45, 7) is -0.00778. The average molecular weight is 403 g/mol. The first kappa shape index (κ1) is 20.6. The van der Waals surface area contributed by atoms with Crippen LogP contribution < -0.4 is 5.73 Å². The Balaban J connectivity index is 0.000000806. The number of carboxylic acid groups (broad SMARTS) is 1. The second-order valence-corrected chi connectivity index (χ2v) is 6.48. The van der Waals surface area contributed by atoms with Crippen molar-refractivity contribution in [2.24, 2.45) is 10.7 Å². The first-order valence-electron chi connectivity index (χ1n) is 8.95. The SMILES string of the molecule is N#Cc1cccc(-c2cccc(C3(c4ccc(F)cc4)COC(N)=N3)c2)c1.O=CO. The molecule has 3 aromatic rings. The largest absolute Gasteiger partial charge is 0.483 e. The van der Waals surface area contributed by atoms with Crippen molar-refractivity contribution in [3.8, 4) is 17.2 Å². The lowest BCUT2D eigenvalue weighted by Crippen LogP contribution is -2.27. The summed E-state index contributed by atoms with van der Waals surface area (Å²) in [6, 6.07) is 23.7. The molecule has 1 aliphatic heterocycles. The molecule has 0 saturated heterocycles. The summed E-state index contributed by atoms with van der Waals surface area (Å²) >= 11 is 0. The van der Waals surface area contributed by atoms with E-state index in [1.165, 1.54) is 12.1 Å². The van der Waals surface area contributed by atoms with Gasteiger partial charge in [0.05, 0.1) is 11.6 Å². The van der Waals surface area contributed by atoms with Gasteiger partial charge in [0.2, 0.25) is 0 Å². The van der Waals surface area contributed by atoms with Crippen LogP contribution in [0.3, 0.4) is 0 Å². The fourth-order valence-corrected chi connectivity index (χ4v) is 3.34. The van der Waals surface area contributed by atoms with E-state index in [4.69, 9.17) is 25.6 Å². The van der Waals surface area contributed by atoms with Crippen molar-refractivity contribution >= 4 is 12.5 Å². The number of hydrogen-bond acceptors (Lipinski definition) is 5. The summed E-state index contributed by atoms with van der Waals surface area (Å²) in [4.78, 5) is 12.9. The average Bonchev–Trinajstić information content (AvgIpc) is 3.18. The summed E-state index contributed by atoms with van der Waals surface area (Å²) in [5, 5.41) is 16.0. The molecule has 6 nitrogen and oxygen atoms in total.